The second-order valence-electron chi connectivity index (χ2n) is 0.856. The van der Waals surface area contributed by atoms with Crippen LogP contribution in [0.15, 0.2) is 0 Å². The molecule has 0 amide bonds. The van der Waals surface area contributed by atoms with E-state index in [-0.39, 0.29) is 51.0 Å². The zero-order chi connectivity index (χ0) is 4.12. The maximum absolute atomic E-state index is 3.97. The number of rotatable bonds is 2. The molecule has 1 radical (unpaired) electrons. The Hall–Kier alpha value is 1.42. The first-order chi connectivity index (χ1) is 2.41. The van der Waals surface area contributed by atoms with Crippen molar-refractivity contribution < 1.29 is 51.0 Å². The van der Waals surface area contributed by atoms with Crippen LogP contribution in [0.25, 0.3) is 5.32 Å². The molecule has 0 unspecified atom stereocenters. The van der Waals surface area contributed by atoms with Gasteiger partial charge in [-0.05, 0) is 0 Å². The summed E-state index contributed by atoms with van der Waals surface area (Å²) < 4.78 is 0. The van der Waals surface area contributed by atoms with Crippen molar-refractivity contribution >= 4 is 0 Å². The molecule has 0 aromatic carbocycles. The van der Waals surface area contributed by atoms with Gasteiger partial charge in [0, 0.05) is 0 Å². The monoisotopic (exact) mass is 232 g/mol. The SMILES string of the molecule is CC[N-]CC.[Cl-].[Cl-].[Zr+3]. The Bertz CT molecular complexity index is 21.5. The van der Waals surface area contributed by atoms with E-state index in [2.05, 4.69) is 5.32 Å². The Morgan fingerprint density at radius 2 is 1.25 bits per heavy atom. The van der Waals surface area contributed by atoms with Crippen molar-refractivity contribution in [1.82, 2.24) is 0 Å². The van der Waals surface area contributed by atoms with Gasteiger partial charge in [0.15, 0.2) is 0 Å². The summed E-state index contributed by atoms with van der Waals surface area (Å²) in [7, 11) is 0. The van der Waals surface area contributed by atoms with Gasteiger partial charge >= 0.3 is 26.2 Å². The van der Waals surface area contributed by atoms with Crippen molar-refractivity contribution in [2.75, 3.05) is 13.1 Å². The third kappa shape index (κ3) is 26.1. The molecule has 0 aromatic rings. The third-order valence-electron chi connectivity index (χ3n) is 0.447. The summed E-state index contributed by atoms with van der Waals surface area (Å²) in [5, 5.41) is 3.97. The number of halogens is 2. The Balaban J connectivity index is -0.0000000267. The van der Waals surface area contributed by atoms with Gasteiger partial charge in [0.1, 0.15) is 0 Å². The minimum atomic E-state index is 0. The molecule has 0 saturated carbocycles. The molecule has 1 nitrogen and oxygen atoms in total. The van der Waals surface area contributed by atoms with Crippen LogP contribution in [-0.4, -0.2) is 13.1 Å². The summed E-state index contributed by atoms with van der Waals surface area (Å²) in [5.74, 6) is 0. The van der Waals surface area contributed by atoms with E-state index in [1.54, 1.807) is 0 Å². The molecule has 0 bridgehead atoms. The average Bonchev–Trinajstić information content (AvgIpc) is 1.41. The minimum Gasteiger partial charge on any atom is -1.00 e. The van der Waals surface area contributed by atoms with E-state index < -0.39 is 0 Å². The normalized spacial score (nSPS) is 5.25. The summed E-state index contributed by atoms with van der Waals surface area (Å²) >= 11 is 0. The molecular formula is C4H10Cl2NZr. The average molecular weight is 234 g/mol. The molecule has 0 saturated heterocycles. The fourth-order valence-electron chi connectivity index (χ4n) is 0.224. The van der Waals surface area contributed by atoms with Crippen molar-refractivity contribution in [3.8, 4) is 0 Å². The molecule has 0 aliphatic rings. The van der Waals surface area contributed by atoms with Gasteiger partial charge in [-0.1, -0.05) is 13.8 Å². The summed E-state index contributed by atoms with van der Waals surface area (Å²) in [5.41, 5.74) is 0. The predicted octanol–water partition coefficient (Wildman–Crippen LogP) is -4.59. The van der Waals surface area contributed by atoms with Crippen LogP contribution >= 0.6 is 0 Å². The summed E-state index contributed by atoms with van der Waals surface area (Å²) in [6.07, 6.45) is 0. The van der Waals surface area contributed by atoms with Crippen molar-refractivity contribution in [3.63, 3.8) is 0 Å². The number of hydrogen-bond donors (Lipinski definition) is 0. The van der Waals surface area contributed by atoms with E-state index in [0.29, 0.717) is 0 Å². The largest absolute Gasteiger partial charge is 3.00 e. The Morgan fingerprint density at radius 3 is 1.25 bits per heavy atom. The molecule has 8 heavy (non-hydrogen) atoms. The van der Waals surface area contributed by atoms with Crippen LogP contribution in [0, 0.1) is 0 Å². The fraction of sp³-hybridized carbons (Fsp3) is 1.00. The number of nitrogens with zero attached hydrogens (tertiary/aromatic N) is 1. The van der Waals surface area contributed by atoms with E-state index in [4.69, 9.17) is 0 Å². The summed E-state index contributed by atoms with van der Waals surface area (Å²) in [6, 6.07) is 0. The van der Waals surface area contributed by atoms with Gasteiger partial charge in [-0.2, -0.15) is 13.1 Å². The van der Waals surface area contributed by atoms with Gasteiger partial charge < -0.3 is 30.1 Å². The maximum atomic E-state index is 3.97. The van der Waals surface area contributed by atoms with Gasteiger partial charge in [-0.3, -0.25) is 0 Å². The third-order valence-corrected chi connectivity index (χ3v) is 0.447. The Kier molecular flexibility index (Phi) is 67.4. The van der Waals surface area contributed by atoms with Crippen LogP contribution in [0.1, 0.15) is 13.8 Å². The van der Waals surface area contributed by atoms with Crippen molar-refractivity contribution in [2.24, 2.45) is 0 Å². The van der Waals surface area contributed by atoms with Crippen LogP contribution in [0.5, 0.6) is 0 Å². The minimum absolute atomic E-state index is 0. The van der Waals surface area contributed by atoms with Crippen LogP contribution < -0.4 is 24.8 Å². The molecule has 0 atom stereocenters. The van der Waals surface area contributed by atoms with Gasteiger partial charge in [0.2, 0.25) is 0 Å². The van der Waals surface area contributed by atoms with Crippen LogP contribution in [-0.2, 0) is 26.2 Å². The Labute approximate surface area is 82.9 Å². The quantitative estimate of drug-likeness (QED) is 0.457. The molecular weight excluding hydrogens is 224 g/mol. The summed E-state index contributed by atoms with van der Waals surface area (Å²) in [4.78, 5) is 0. The number of hydrogen-bond acceptors (Lipinski definition) is 0. The Morgan fingerprint density at radius 1 is 1.00 bits per heavy atom. The van der Waals surface area contributed by atoms with Crippen molar-refractivity contribution in [3.05, 3.63) is 5.32 Å². The van der Waals surface area contributed by atoms with E-state index in [9.17, 15) is 0 Å². The zero-order valence-corrected chi connectivity index (χ0v) is 9.09. The first kappa shape index (κ1) is 22.7. The molecule has 0 rings (SSSR count). The topological polar surface area (TPSA) is 14.1 Å². The van der Waals surface area contributed by atoms with E-state index in [1.807, 2.05) is 13.8 Å². The molecule has 0 aliphatic heterocycles. The van der Waals surface area contributed by atoms with Crippen LogP contribution in [0.3, 0.4) is 0 Å². The zero-order valence-electron chi connectivity index (χ0n) is 5.12. The maximum Gasteiger partial charge on any atom is 3.00 e. The molecule has 49 valence electrons. The molecule has 0 N–H and O–H groups in total. The molecule has 4 heteroatoms. The second-order valence-corrected chi connectivity index (χ2v) is 0.856. The van der Waals surface area contributed by atoms with Crippen molar-refractivity contribution in [1.29, 1.82) is 0 Å². The van der Waals surface area contributed by atoms with Crippen LogP contribution in [0.4, 0.5) is 0 Å². The van der Waals surface area contributed by atoms with E-state index >= 15 is 0 Å². The standard InChI is InChI=1S/C4H10N.2ClH.Zr/c1-3-5-4-2;;;/h3-4H2,1-2H3;2*1H;/q-1;;;+3/p-2. The smallest absolute Gasteiger partial charge is 1.00 e. The van der Waals surface area contributed by atoms with Gasteiger partial charge in [0.25, 0.3) is 0 Å². The van der Waals surface area contributed by atoms with Crippen molar-refractivity contribution in [2.45, 2.75) is 13.8 Å². The predicted molar refractivity (Wildman–Crippen MR) is 24.4 cm³/mol. The molecule has 0 heterocycles. The molecule has 0 fully saturated rings. The van der Waals surface area contributed by atoms with Gasteiger partial charge in [-0.15, -0.1) is 0 Å². The first-order valence-corrected chi connectivity index (χ1v) is 2.05. The second kappa shape index (κ2) is 23.7. The van der Waals surface area contributed by atoms with Gasteiger partial charge in [-0.25, -0.2) is 0 Å². The van der Waals surface area contributed by atoms with E-state index in [0.717, 1.165) is 13.1 Å². The molecule has 0 spiro atoms. The molecule has 0 aromatic heterocycles. The summed E-state index contributed by atoms with van der Waals surface area (Å²) in [6.45, 7) is 6.03. The van der Waals surface area contributed by atoms with Gasteiger partial charge in [0.05, 0.1) is 0 Å². The molecule has 0 aliphatic carbocycles. The van der Waals surface area contributed by atoms with E-state index in [1.165, 1.54) is 0 Å². The van der Waals surface area contributed by atoms with Crippen LogP contribution in [0.2, 0.25) is 0 Å². The first-order valence-electron chi connectivity index (χ1n) is 2.05. The fourth-order valence-corrected chi connectivity index (χ4v) is 0.224.